The van der Waals surface area contributed by atoms with Crippen LogP contribution in [0.25, 0.3) is 0 Å². The maximum absolute atomic E-state index is 12.5. The van der Waals surface area contributed by atoms with E-state index in [1.54, 1.807) is 0 Å². The maximum atomic E-state index is 12.5. The van der Waals surface area contributed by atoms with Crippen LogP contribution in [0.3, 0.4) is 0 Å². The van der Waals surface area contributed by atoms with E-state index < -0.39 is 5.24 Å². The van der Waals surface area contributed by atoms with Crippen LogP contribution in [0.15, 0.2) is 10.9 Å². The van der Waals surface area contributed by atoms with Crippen molar-refractivity contribution in [1.82, 2.24) is 4.57 Å². The molecule has 0 aromatic carbocycles. The van der Waals surface area contributed by atoms with E-state index in [0.717, 1.165) is 51.5 Å². The van der Waals surface area contributed by atoms with Crippen molar-refractivity contribution in [2.75, 3.05) is 0 Å². The number of nitrogens with zero attached hydrogens (tertiary/aromatic N) is 1. The highest BCUT2D eigenvalue weighted by Gasteiger charge is 2.18. The molecule has 0 amide bonds. The second kappa shape index (κ2) is 7.07. The van der Waals surface area contributed by atoms with Gasteiger partial charge in [0.15, 0.2) is 0 Å². The summed E-state index contributed by atoms with van der Waals surface area (Å²) in [7, 11) is 0. The van der Waals surface area contributed by atoms with Gasteiger partial charge in [-0.2, -0.15) is 0 Å². The van der Waals surface area contributed by atoms with Crippen LogP contribution in [-0.2, 0) is 30.6 Å². The molecule has 2 rings (SSSR count). The summed E-state index contributed by atoms with van der Waals surface area (Å²) >= 11 is 5.46. The molecule has 0 saturated carbocycles. The Balaban J connectivity index is 2.39. The van der Waals surface area contributed by atoms with Crippen molar-refractivity contribution in [3.63, 3.8) is 0 Å². The highest BCUT2D eigenvalue weighted by Crippen LogP contribution is 2.21. The van der Waals surface area contributed by atoms with Gasteiger partial charge >= 0.3 is 0 Å². The van der Waals surface area contributed by atoms with Gasteiger partial charge in [0.1, 0.15) is 0 Å². The molecule has 0 aliphatic heterocycles. The summed E-state index contributed by atoms with van der Waals surface area (Å²) in [5, 5.41) is -0.460. The van der Waals surface area contributed by atoms with Crippen LogP contribution in [0, 0.1) is 0 Å². The number of pyridine rings is 1. The van der Waals surface area contributed by atoms with E-state index in [9.17, 15) is 9.59 Å². The fourth-order valence-corrected chi connectivity index (χ4v) is 3.12. The Morgan fingerprint density at radius 2 is 2.05 bits per heavy atom. The standard InChI is InChI=1S/C16H22ClNO2/c1-2-3-6-9-18-14-8-5-4-7-12(14)10-13(16(18)20)11-15(17)19/h10H,2-9,11H2,1H3. The molecular weight excluding hydrogens is 274 g/mol. The summed E-state index contributed by atoms with van der Waals surface area (Å²) < 4.78 is 1.90. The highest BCUT2D eigenvalue weighted by atomic mass is 35.5. The third-order valence-electron chi connectivity index (χ3n) is 3.99. The minimum atomic E-state index is -0.460. The highest BCUT2D eigenvalue weighted by molar-refractivity contribution is 6.63. The Morgan fingerprint density at radius 1 is 1.30 bits per heavy atom. The van der Waals surface area contributed by atoms with Gasteiger partial charge in [0.2, 0.25) is 5.24 Å². The molecular formula is C16H22ClNO2. The second-order valence-corrected chi connectivity index (χ2v) is 5.97. The van der Waals surface area contributed by atoms with Crippen molar-refractivity contribution in [2.45, 2.75) is 64.8 Å². The molecule has 0 fully saturated rings. The minimum absolute atomic E-state index is 0.0178. The van der Waals surface area contributed by atoms with Gasteiger partial charge in [-0.05, 0) is 55.3 Å². The van der Waals surface area contributed by atoms with Gasteiger partial charge in [-0.15, -0.1) is 0 Å². The van der Waals surface area contributed by atoms with Crippen LogP contribution in [-0.4, -0.2) is 9.81 Å². The number of aromatic nitrogens is 1. The summed E-state index contributed by atoms with van der Waals surface area (Å²) in [6, 6.07) is 1.91. The molecule has 1 aromatic rings. The van der Waals surface area contributed by atoms with Crippen LogP contribution in [0.1, 0.15) is 55.8 Å². The smallest absolute Gasteiger partial charge is 0.254 e. The zero-order chi connectivity index (χ0) is 14.5. The van der Waals surface area contributed by atoms with E-state index in [1.807, 2.05) is 10.6 Å². The monoisotopic (exact) mass is 295 g/mol. The molecule has 0 spiro atoms. The normalized spacial score (nSPS) is 14.1. The Labute approximate surface area is 124 Å². The number of hydrogen-bond donors (Lipinski definition) is 0. The molecule has 0 atom stereocenters. The molecule has 20 heavy (non-hydrogen) atoms. The topological polar surface area (TPSA) is 39.1 Å². The average molecular weight is 296 g/mol. The van der Waals surface area contributed by atoms with E-state index in [-0.39, 0.29) is 12.0 Å². The number of carbonyl (C=O) groups excluding carboxylic acids is 1. The number of unbranched alkanes of at least 4 members (excludes halogenated alkanes) is 2. The Morgan fingerprint density at radius 3 is 2.75 bits per heavy atom. The van der Waals surface area contributed by atoms with Gasteiger partial charge in [0.25, 0.3) is 5.56 Å². The minimum Gasteiger partial charge on any atom is -0.312 e. The van der Waals surface area contributed by atoms with Gasteiger partial charge in [-0.1, -0.05) is 19.8 Å². The summed E-state index contributed by atoms with van der Waals surface area (Å²) in [5.74, 6) is 0. The summed E-state index contributed by atoms with van der Waals surface area (Å²) in [4.78, 5) is 23.6. The first-order chi connectivity index (χ1) is 9.63. The predicted octanol–water partition coefficient (Wildman–Crippen LogP) is 3.23. The molecule has 4 heteroatoms. The second-order valence-electron chi connectivity index (χ2n) is 5.54. The largest absolute Gasteiger partial charge is 0.312 e. The Kier molecular flexibility index (Phi) is 5.41. The molecule has 0 saturated heterocycles. The first kappa shape index (κ1) is 15.3. The third-order valence-corrected chi connectivity index (χ3v) is 4.12. The van der Waals surface area contributed by atoms with Crippen molar-refractivity contribution in [1.29, 1.82) is 0 Å². The number of aryl methyl sites for hydroxylation is 1. The molecule has 0 unspecified atom stereocenters. The van der Waals surface area contributed by atoms with E-state index >= 15 is 0 Å². The van der Waals surface area contributed by atoms with E-state index in [2.05, 4.69) is 6.92 Å². The van der Waals surface area contributed by atoms with E-state index in [0.29, 0.717) is 5.56 Å². The molecule has 1 heterocycles. The van der Waals surface area contributed by atoms with Crippen LogP contribution in [0.4, 0.5) is 0 Å². The SMILES string of the molecule is CCCCCn1c2c(cc(CC(=O)Cl)c1=O)CCCC2. The lowest BCUT2D eigenvalue weighted by Crippen LogP contribution is -2.30. The summed E-state index contributed by atoms with van der Waals surface area (Å²) in [5.41, 5.74) is 2.96. The van der Waals surface area contributed by atoms with E-state index in [1.165, 1.54) is 11.3 Å². The molecule has 0 bridgehead atoms. The lowest BCUT2D eigenvalue weighted by molar-refractivity contribution is -0.111. The van der Waals surface area contributed by atoms with Crippen LogP contribution >= 0.6 is 11.6 Å². The number of rotatable bonds is 6. The molecule has 3 nitrogen and oxygen atoms in total. The molecule has 110 valence electrons. The Hall–Kier alpha value is -1.09. The van der Waals surface area contributed by atoms with Crippen LogP contribution in [0.2, 0.25) is 0 Å². The average Bonchev–Trinajstić information content (AvgIpc) is 2.42. The van der Waals surface area contributed by atoms with Gasteiger partial charge < -0.3 is 4.57 Å². The van der Waals surface area contributed by atoms with Crippen molar-refractivity contribution in [2.24, 2.45) is 0 Å². The Bertz CT molecular complexity index is 548. The fourth-order valence-electron chi connectivity index (χ4n) is 2.98. The number of fused-ring (bicyclic) bond motifs is 1. The fraction of sp³-hybridized carbons (Fsp3) is 0.625. The van der Waals surface area contributed by atoms with Gasteiger partial charge in [-0.25, -0.2) is 0 Å². The summed E-state index contributed by atoms with van der Waals surface area (Å²) in [6.07, 6.45) is 7.61. The molecule has 1 aliphatic rings. The first-order valence-corrected chi connectivity index (χ1v) is 7.94. The van der Waals surface area contributed by atoms with E-state index in [4.69, 9.17) is 11.6 Å². The molecule has 1 aliphatic carbocycles. The molecule has 0 N–H and O–H groups in total. The molecule has 0 radical (unpaired) electrons. The third kappa shape index (κ3) is 3.51. The van der Waals surface area contributed by atoms with Crippen molar-refractivity contribution in [3.8, 4) is 0 Å². The quantitative estimate of drug-likeness (QED) is 0.597. The van der Waals surface area contributed by atoms with Crippen molar-refractivity contribution >= 4 is 16.8 Å². The number of carbonyl (C=O) groups is 1. The predicted molar refractivity (Wildman–Crippen MR) is 81.4 cm³/mol. The van der Waals surface area contributed by atoms with Gasteiger partial charge in [0, 0.05) is 17.8 Å². The van der Waals surface area contributed by atoms with Crippen LogP contribution in [0.5, 0.6) is 0 Å². The molecule has 1 aromatic heterocycles. The van der Waals surface area contributed by atoms with Crippen LogP contribution < -0.4 is 5.56 Å². The maximum Gasteiger partial charge on any atom is 0.254 e. The van der Waals surface area contributed by atoms with Crippen molar-refractivity contribution < 1.29 is 4.79 Å². The lowest BCUT2D eigenvalue weighted by Gasteiger charge is -2.22. The number of halogens is 1. The zero-order valence-corrected chi connectivity index (χ0v) is 12.8. The van der Waals surface area contributed by atoms with Crippen molar-refractivity contribution in [3.05, 3.63) is 33.2 Å². The zero-order valence-electron chi connectivity index (χ0n) is 12.1. The van der Waals surface area contributed by atoms with Gasteiger partial charge in [-0.3, -0.25) is 9.59 Å². The lowest BCUT2D eigenvalue weighted by atomic mass is 9.93. The number of hydrogen-bond acceptors (Lipinski definition) is 2. The first-order valence-electron chi connectivity index (χ1n) is 7.56. The summed E-state index contributed by atoms with van der Waals surface area (Å²) in [6.45, 7) is 2.92. The van der Waals surface area contributed by atoms with Gasteiger partial charge in [0.05, 0.1) is 6.42 Å².